The summed E-state index contributed by atoms with van der Waals surface area (Å²) in [5.74, 6) is -0.905. The van der Waals surface area contributed by atoms with Gasteiger partial charge >= 0.3 is 12.0 Å². The van der Waals surface area contributed by atoms with Gasteiger partial charge < -0.3 is 15.7 Å². The molecule has 3 N–H and O–H groups in total. The first kappa shape index (κ1) is 14.8. The molecule has 5 heteroatoms. The summed E-state index contributed by atoms with van der Waals surface area (Å²) in [6.45, 7) is 3.34. The number of carbonyl (C=O) groups excluding carboxylic acids is 1. The largest absolute Gasteiger partial charge is 0.481 e. The third-order valence-electron chi connectivity index (χ3n) is 3.46. The van der Waals surface area contributed by atoms with Gasteiger partial charge in [-0.2, -0.15) is 0 Å². The Bertz CT molecular complexity index is 295. The lowest BCUT2D eigenvalue weighted by atomic mass is 9.94. The van der Waals surface area contributed by atoms with Gasteiger partial charge in [0.15, 0.2) is 0 Å². The number of nitrogens with one attached hydrogen (secondary N) is 2. The molecule has 104 valence electrons. The molecule has 0 atom stereocenters. The molecular formula is C13H24N2O3. The fraction of sp³-hybridized carbons (Fsp3) is 0.846. The fourth-order valence-corrected chi connectivity index (χ4v) is 2.04. The van der Waals surface area contributed by atoms with Crippen molar-refractivity contribution in [3.8, 4) is 0 Å². The molecule has 1 aliphatic carbocycles. The number of hydrogen-bond donors (Lipinski definition) is 3. The Morgan fingerprint density at radius 2 is 1.72 bits per heavy atom. The van der Waals surface area contributed by atoms with E-state index in [0.717, 1.165) is 25.7 Å². The fourth-order valence-electron chi connectivity index (χ4n) is 2.04. The summed E-state index contributed by atoms with van der Waals surface area (Å²) >= 11 is 0. The number of hydrogen-bond acceptors (Lipinski definition) is 2. The van der Waals surface area contributed by atoms with E-state index < -0.39 is 11.4 Å². The summed E-state index contributed by atoms with van der Waals surface area (Å²) in [6, 6.07) is -0.0170. The Morgan fingerprint density at radius 1 is 1.17 bits per heavy atom. The van der Waals surface area contributed by atoms with Crippen LogP contribution in [0.5, 0.6) is 0 Å². The second-order valence-electron chi connectivity index (χ2n) is 5.70. The van der Waals surface area contributed by atoms with Crippen LogP contribution in [0.15, 0.2) is 0 Å². The van der Waals surface area contributed by atoms with Crippen LogP contribution in [-0.4, -0.2) is 29.7 Å². The Labute approximate surface area is 108 Å². The highest BCUT2D eigenvalue weighted by molar-refractivity contribution is 5.77. The van der Waals surface area contributed by atoms with Gasteiger partial charge in [0.05, 0.1) is 5.41 Å². The molecule has 1 aliphatic rings. The van der Waals surface area contributed by atoms with Crippen molar-refractivity contribution in [1.82, 2.24) is 10.6 Å². The predicted octanol–water partition coefficient (Wildman–Crippen LogP) is 2.12. The standard InChI is InChI=1S/C13H24N2O3/c1-13(2,11(16)17)9-14-12(18)15-10-7-5-3-4-6-8-10/h10H,3-9H2,1-2H3,(H,16,17)(H2,14,15,18). The van der Waals surface area contributed by atoms with Gasteiger partial charge in [0.25, 0.3) is 0 Å². The minimum Gasteiger partial charge on any atom is -0.481 e. The second kappa shape index (κ2) is 6.61. The van der Waals surface area contributed by atoms with Crippen LogP contribution in [-0.2, 0) is 4.79 Å². The van der Waals surface area contributed by atoms with E-state index in [1.807, 2.05) is 0 Å². The first-order valence-electron chi connectivity index (χ1n) is 6.69. The average Bonchev–Trinajstić information content (AvgIpc) is 2.55. The minimum atomic E-state index is -0.930. The highest BCUT2D eigenvalue weighted by atomic mass is 16.4. The molecule has 0 aliphatic heterocycles. The van der Waals surface area contributed by atoms with Gasteiger partial charge in [-0.15, -0.1) is 0 Å². The van der Waals surface area contributed by atoms with E-state index in [1.54, 1.807) is 13.8 Å². The topological polar surface area (TPSA) is 78.4 Å². The Morgan fingerprint density at radius 3 is 2.22 bits per heavy atom. The molecule has 5 nitrogen and oxygen atoms in total. The number of urea groups is 1. The number of amides is 2. The van der Waals surface area contributed by atoms with Gasteiger partial charge in [-0.1, -0.05) is 25.7 Å². The van der Waals surface area contributed by atoms with E-state index >= 15 is 0 Å². The van der Waals surface area contributed by atoms with Crippen LogP contribution >= 0.6 is 0 Å². The SMILES string of the molecule is CC(C)(CNC(=O)NC1CCCCCC1)C(=O)O. The number of carboxylic acids is 1. The van der Waals surface area contributed by atoms with E-state index in [2.05, 4.69) is 10.6 Å². The van der Waals surface area contributed by atoms with Crippen molar-refractivity contribution in [3.05, 3.63) is 0 Å². The highest BCUT2D eigenvalue weighted by Gasteiger charge is 2.27. The molecule has 18 heavy (non-hydrogen) atoms. The molecule has 0 spiro atoms. The molecule has 1 rings (SSSR count). The lowest BCUT2D eigenvalue weighted by Gasteiger charge is -2.21. The van der Waals surface area contributed by atoms with Gasteiger partial charge in [0.1, 0.15) is 0 Å². The monoisotopic (exact) mass is 256 g/mol. The third-order valence-corrected chi connectivity index (χ3v) is 3.46. The van der Waals surface area contributed by atoms with Gasteiger partial charge in [0.2, 0.25) is 0 Å². The maximum Gasteiger partial charge on any atom is 0.315 e. The van der Waals surface area contributed by atoms with Crippen LogP contribution < -0.4 is 10.6 Å². The van der Waals surface area contributed by atoms with Crippen molar-refractivity contribution in [2.75, 3.05) is 6.54 Å². The Hall–Kier alpha value is -1.26. The molecule has 0 aromatic rings. The predicted molar refractivity (Wildman–Crippen MR) is 69.4 cm³/mol. The molecule has 0 unspecified atom stereocenters. The van der Waals surface area contributed by atoms with Gasteiger partial charge in [-0.25, -0.2) is 4.79 Å². The van der Waals surface area contributed by atoms with Crippen LogP contribution in [0.4, 0.5) is 4.79 Å². The summed E-state index contributed by atoms with van der Waals surface area (Å²) in [5, 5.41) is 14.5. The van der Waals surface area contributed by atoms with Crippen LogP contribution in [0, 0.1) is 5.41 Å². The molecule has 0 bridgehead atoms. The first-order chi connectivity index (χ1) is 8.42. The van der Waals surface area contributed by atoms with Crippen LogP contribution in [0.25, 0.3) is 0 Å². The molecule has 1 fully saturated rings. The first-order valence-corrected chi connectivity index (χ1v) is 6.69. The quantitative estimate of drug-likeness (QED) is 0.674. The highest BCUT2D eigenvalue weighted by Crippen LogP contribution is 2.17. The lowest BCUT2D eigenvalue weighted by Crippen LogP contribution is -2.46. The summed E-state index contributed by atoms with van der Waals surface area (Å²) in [6.07, 6.45) is 6.85. The smallest absolute Gasteiger partial charge is 0.315 e. The molecular weight excluding hydrogens is 232 g/mol. The van der Waals surface area contributed by atoms with Crippen molar-refractivity contribution in [2.45, 2.75) is 58.4 Å². The molecule has 2 amide bonds. The van der Waals surface area contributed by atoms with E-state index in [1.165, 1.54) is 12.8 Å². The van der Waals surface area contributed by atoms with Crippen LogP contribution in [0.1, 0.15) is 52.4 Å². The maximum atomic E-state index is 11.7. The molecule has 0 aromatic heterocycles. The normalized spacial score (nSPS) is 17.9. The zero-order chi connectivity index (χ0) is 13.6. The van der Waals surface area contributed by atoms with Crippen LogP contribution in [0.3, 0.4) is 0 Å². The van der Waals surface area contributed by atoms with E-state index in [0.29, 0.717) is 0 Å². The minimum absolute atomic E-state index is 0.140. The van der Waals surface area contributed by atoms with Gasteiger partial charge in [-0.3, -0.25) is 4.79 Å². The van der Waals surface area contributed by atoms with Crippen molar-refractivity contribution < 1.29 is 14.7 Å². The molecule has 0 heterocycles. The summed E-state index contributed by atoms with van der Waals surface area (Å²) in [4.78, 5) is 22.6. The number of aliphatic carboxylic acids is 1. The molecule has 1 saturated carbocycles. The number of carboxylic acid groups (broad SMARTS) is 1. The molecule has 0 saturated heterocycles. The van der Waals surface area contributed by atoms with Crippen molar-refractivity contribution in [3.63, 3.8) is 0 Å². The van der Waals surface area contributed by atoms with Gasteiger partial charge in [-0.05, 0) is 26.7 Å². The van der Waals surface area contributed by atoms with Crippen molar-refractivity contribution in [1.29, 1.82) is 0 Å². The van der Waals surface area contributed by atoms with E-state index in [-0.39, 0.29) is 18.6 Å². The summed E-state index contributed by atoms with van der Waals surface area (Å²) < 4.78 is 0. The third kappa shape index (κ3) is 4.94. The number of carbonyl (C=O) groups is 2. The lowest BCUT2D eigenvalue weighted by molar-refractivity contribution is -0.146. The van der Waals surface area contributed by atoms with Crippen LogP contribution in [0.2, 0.25) is 0 Å². The molecule has 0 aromatic carbocycles. The van der Waals surface area contributed by atoms with Gasteiger partial charge in [0, 0.05) is 12.6 Å². The maximum absolute atomic E-state index is 11.7. The molecule has 0 radical (unpaired) electrons. The van der Waals surface area contributed by atoms with Crippen molar-refractivity contribution in [2.24, 2.45) is 5.41 Å². The zero-order valence-corrected chi connectivity index (χ0v) is 11.3. The average molecular weight is 256 g/mol. The van der Waals surface area contributed by atoms with E-state index in [9.17, 15) is 9.59 Å². The second-order valence-corrected chi connectivity index (χ2v) is 5.70. The zero-order valence-electron chi connectivity index (χ0n) is 11.3. The number of rotatable bonds is 4. The summed E-state index contributed by atoms with van der Waals surface area (Å²) in [5.41, 5.74) is -0.930. The van der Waals surface area contributed by atoms with E-state index in [4.69, 9.17) is 5.11 Å². The van der Waals surface area contributed by atoms with Crippen molar-refractivity contribution >= 4 is 12.0 Å². The Kier molecular flexibility index (Phi) is 5.44. The Balaban J connectivity index is 2.30. The summed E-state index contributed by atoms with van der Waals surface area (Å²) in [7, 11) is 0.